The number of nitrogens with one attached hydrogen (secondary N) is 1. The summed E-state index contributed by atoms with van der Waals surface area (Å²) in [6.45, 7) is 9.96. The Kier molecular flexibility index (Phi) is 11.0. The number of carbonyl (C=O) groups is 1. The third-order valence-corrected chi connectivity index (χ3v) is 2.43. The van der Waals surface area contributed by atoms with Crippen molar-refractivity contribution < 1.29 is 26.4 Å². The summed E-state index contributed by atoms with van der Waals surface area (Å²) >= 11 is 0. The first kappa shape index (κ1) is 22.1. The molecule has 0 saturated carbocycles. The van der Waals surface area contributed by atoms with Gasteiger partial charge in [-0.25, -0.2) is 8.42 Å². The highest BCUT2D eigenvalue weighted by Gasteiger charge is 2.06. The van der Waals surface area contributed by atoms with E-state index >= 15 is 0 Å². The zero-order valence-corrected chi connectivity index (χ0v) is 14.0. The van der Waals surface area contributed by atoms with Crippen LogP contribution in [-0.2, 0) is 19.4 Å². The topological polar surface area (TPSA) is 95.5 Å². The zero-order valence-electron chi connectivity index (χ0n) is 13.2. The average Bonchev–Trinajstić information content (AvgIpc) is 2.30. The third-order valence-electron chi connectivity index (χ3n) is 2.01. The largest absolute Gasteiger partial charge is 0.726 e. The molecule has 0 aliphatic rings. The fraction of sp³-hybridized carbons (Fsp3) is 0.615. The number of quaternary nitrogens is 1. The van der Waals surface area contributed by atoms with E-state index in [1.807, 2.05) is 0 Å². The molecule has 0 heterocycles. The summed E-state index contributed by atoms with van der Waals surface area (Å²) in [7, 11) is 1.91. The van der Waals surface area contributed by atoms with Crippen LogP contribution in [0.1, 0.15) is 13.3 Å². The molecule has 1 amide bonds. The van der Waals surface area contributed by atoms with Crippen LogP contribution in [0.5, 0.6) is 0 Å². The lowest BCUT2D eigenvalue weighted by atomic mass is 10.3. The minimum Gasteiger partial charge on any atom is -0.726 e. The molecule has 0 aliphatic carbocycles. The van der Waals surface area contributed by atoms with E-state index in [9.17, 15) is 17.8 Å². The van der Waals surface area contributed by atoms with Crippen molar-refractivity contribution in [3.8, 4) is 0 Å². The van der Waals surface area contributed by atoms with E-state index in [0.29, 0.717) is 5.57 Å². The summed E-state index contributed by atoms with van der Waals surface area (Å²) < 4.78 is 33.3. The summed E-state index contributed by atoms with van der Waals surface area (Å²) in [4.78, 5) is 11.1. The molecule has 0 rings (SSSR count). The molecule has 0 bridgehead atoms. The molecule has 0 aromatic heterocycles. The molecule has 0 radical (unpaired) electrons. The second-order valence-corrected chi connectivity index (χ2v) is 6.44. The molecule has 0 fully saturated rings. The molecule has 0 aromatic rings. The standard InChI is InChI=1S/C10H20N2O.C3H6O4S/c1-9(2)10(13)11-7-6-8-12(3,4)5;1-2-3-7-8(4,5)6/h1,6-8H2,2-5H3;2H,1,3H2,(H,4,5,6). The number of rotatable bonds is 8. The van der Waals surface area contributed by atoms with Crippen molar-refractivity contribution in [1.29, 1.82) is 0 Å². The van der Waals surface area contributed by atoms with Crippen LogP contribution < -0.4 is 5.32 Å². The van der Waals surface area contributed by atoms with Crippen LogP contribution in [0.2, 0.25) is 0 Å². The second kappa shape index (κ2) is 10.5. The minimum atomic E-state index is -4.51. The molecule has 0 aromatic carbocycles. The van der Waals surface area contributed by atoms with Gasteiger partial charge in [-0.3, -0.25) is 8.98 Å². The number of carbonyl (C=O) groups excluding carboxylic acids is 1. The number of hydrogen-bond donors (Lipinski definition) is 1. The van der Waals surface area contributed by atoms with Crippen LogP contribution in [-0.4, -0.2) is 64.2 Å². The van der Waals surface area contributed by atoms with E-state index in [1.54, 1.807) is 6.92 Å². The average molecular weight is 322 g/mol. The normalized spacial score (nSPS) is 11.1. The molecule has 0 unspecified atom stereocenters. The Morgan fingerprint density at radius 2 is 1.90 bits per heavy atom. The van der Waals surface area contributed by atoms with Gasteiger partial charge in [0.15, 0.2) is 0 Å². The Morgan fingerprint density at radius 1 is 1.38 bits per heavy atom. The predicted octanol–water partition coefficient (Wildman–Crippen LogP) is 0.424. The number of nitrogens with zero attached hydrogens (tertiary/aromatic N) is 1. The summed E-state index contributed by atoms with van der Waals surface area (Å²) in [6.07, 6.45) is 2.18. The maximum Gasteiger partial charge on any atom is 0.246 e. The van der Waals surface area contributed by atoms with Gasteiger partial charge in [-0.1, -0.05) is 12.7 Å². The van der Waals surface area contributed by atoms with E-state index in [4.69, 9.17) is 0 Å². The lowest BCUT2D eigenvalue weighted by molar-refractivity contribution is -0.870. The van der Waals surface area contributed by atoms with Crippen LogP contribution in [0.15, 0.2) is 24.8 Å². The monoisotopic (exact) mass is 322 g/mol. The first-order chi connectivity index (χ1) is 9.39. The van der Waals surface area contributed by atoms with Crippen LogP contribution in [0.25, 0.3) is 0 Å². The zero-order chi connectivity index (χ0) is 17.1. The van der Waals surface area contributed by atoms with Gasteiger partial charge in [0.25, 0.3) is 0 Å². The van der Waals surface area contributed by atoms with Gasteiger partial charge in [0.05, 0.1) is 34.3 Å². The third kappa shape index (κ3) is 21.2. The van der Waals surface area contributed by atoms with Gasteiger partial charge < -0.3 is 14.4 Å². The molecule has 21 heavy (non-hydrogen) atoms. The Hall–Kier alpha value is -1.22. The lowest BCUT2D eigenvalue weighted by Gasteiger charge is -2.23. The maximum atomic E-state index is 11.1. The second-order valence-electron chi connectivity index (χ2n) is 5.39. The highest BCUT2D eigenvalue weighted by atomic mass is 32.3. The Morgan fingerprint density at radius 3 is 2.19 bits per heavy atom. The fourth-order valence-electron chi connectivity index (χ4n) is 1.04. The quantitative estimate of drug-likeness (QED) is 0.174. The van der Waals surface area contributed by atoms with Crippen molar-refractivity contribution in [1.82, 2.24) is 5.32 Å². The van der Waals surface area contributed by atoms with Crippen molar-refractivity contribution in [3.05, 3.63) is 24.8 Å². The molecule has 0 saturated heterocycles. The first-order valence-electron chi connectivity index (χ1n) is 6.34. The molecular weight excluding hydrogens is 296 g/mol. The van der Waals surface area contributed by atoms with Crippen molar-refractivity contribution in [2.45, 2.75) is 13.3 Å². The summed E-state index contributed by atoms with van der Waals surface area (Å²) in [5.74, 6) is -0.0404. The van der Waals surface area contributed by atoms with Crippen LogP contribution in [0.4, 0.5) is 0 Å². The Labute approximate surface area is 127 Å². The van der Waals surface area contributed by atoms with Gasteiger partial charge in [0.1, 0.15) is 0 Å². The molecule has 1 N–H and O–H groups in total. The number of amides is 1. The highest BCUT2D eigenvalue weighted by molar-refractivity contribution is 7.80. The van der Waals surface area contributed by atoms with Gasteiger partial charge in [0, 0.05) is 18.5 Å². The lowest BCUT2D eigenvalue weighted by Crippen LogP contribution is -2.37. The van der Waals surface area contributed by atoms with Gasteiger partial charge in [-0.2, -0.15) is 0 Å². The molecule has 7 nitrogen and oxygen atoms in total. The molecular formula is C13H26N2O5S. The fourth-order valence-corrected chi connectivity index (χ4v) is 1.30. The van der Waals surface area contributed by atoms with Gasteiger partial charge >= 0.3 is 0 Å². The van der Waals surface area contributed by atoms with E-state index in [0.717, 1.165) is 24.0 Å². The summed E-state index contributed by atoms with van der Waals surface area (Å²) in [5.41, 5.74) is 0.574. The van der Waals surface area contributed by atoms with Crippen molar-refractivity contribution in [3.63, 3.8) is 0 Å². The minimum absolute atomic E-state index is 0.0404. The summed E-state index contributed by atoms with van der Waals surface area (Å²) in [6, 6.07) is 0. The predicted molar refractivity (Wildman–Crippen MR) is 81.2 cm³/mol. The maximum absolute atomic E-state index is 11.1. The van der Waals surface area contributed by atoms with Crippen LogP contribution in [0.3, 0.4) is 0 Å². The van der Waals surface area contributed by atoms with E-state index in [-0.39, 0.29) is 12.5 Å². The van der Waals surface area contributed by atoms with Gasteiger partial charge in [-0.15, -0.1) is 6.58 Å². The molecule has 0 aliphatic heterocycles. The van der Waals surface area contributed by atoms with Gasteiger partial charge in [0.2, 0.25) is 16.3 Å². The summed E-state index contributed by atoms with van der Waals surface area (Å²) in [5, 5.41) is 2.81. The van der Waals surface area contributed by atoms with Crippen molar-refractivity contribution >= 4 is 16.3 Å². The first-order valence-corrected chi connectivity index (χ1v) is 7.67. The van der Waals surface area contributed by atoms with E-state index in [2.05, 4.69) is 43.8 Å². The Bertz CT molecular complexity index is 438. The molecule has 124 valence electrons. The smallest absolute Gasteiger partial charge is 0.246 e. The van der Waals surface area contributed by atoms with Crippen LogP contribution in [0, 0.1) is 0 Å². The molecule has 0 atom stereocenters. The van der Waals surface area contributed by atoms with Crippen molar-refractivity contribution in [2.75, 3.05) is 40.8 Å². The Balaban J connectivity index is 0. The SMILES string of the molecule is C=C(C)C(=O)NCCC[N+](C)(C)C.C=CCOS(=O)(=O)[O-]. The van der Waals surface area contributed by atoms with Gasteiger partial charge in [-0.05, 0) is 6.92 Å². The highest BCUT2D eigenvalue weighted by Crippen LogP contribution is 1.92. The molecule has 0 spiro atoms. The number of hydrogen-bond acceptors (Lipinski definition) is 5. The van der Waals surface area contributed by atoms with Crippen LogP contribution >= 0.6 is 0 Å². The molecule has 8 heteroatoms. The van der Waals surface area contributed by atoms with Crippen molar-refractivity contribution in [2.24, 2.45) is 0 Å². The van der Waals surface area contributed by atoms with E-state index < -0.39 is 10.4 Å². The van der Waals surface area contributed by atoms with E-state index in [1.165, 1.54) is 6.08 Å².